The number of furan rings is 1. The molecule has 2 aromatic rings. The number of hydrogen-bond donors (Lipinski definition) is 2. The molecule has 1 aromatic carbocycles. The normalized spacial score (nSPS) is 16.2. The number of ether oxygens (including phenoxy) is 1. The lowest BCUT2D eigenvalue weighted by molar-refractivity contribution is 0.0124. The molecule has 29 heavy (non-hydrogen) atoms. The molecule has 160 valence electrons. The fourth-order valence-corrected chi connectivity index (χ4v) is 3.59. The van der Waals surface area contributed by atoms with Crippen molar-refractivity contribution in [3.8, 4) is 0 Å². The Morgan fingerprint density at radius 3 is 2.59 bits per heavy atom. The molecule has 0 radical (unpaired) electrons. The summed E-state index contributed by atoms with van der Waals surface area (Å²) in [5.74, 6) is 2.67. The van der Waals surface area contributed by atoms with E-state index in [-0.39, 0.29) is 30.0 Å². The summed E-state index contributed by atoms with van der Waals surface area (Å²) in [5, 5.41) is 7.60. The van der Waals surface area contributed by atoms with E-state index < -0.39 is 0 Å². The van der Waals surface area contributed by atoms with Gasteiger partial charge in [0.1, 0.15) is 11.5 Å². The van der Waals surface area contributed by atoms with Crippen molar-refractivity contribution < 1.29 is 9.15 Å². The highest BCUT2D eigenvalue weighted by Gasteiger charge is 2.25. The second-order valence-electron chi connectivity index (χ2n) is 6.83. The first-order valence-electron chi connectivity index (χ1n) is 9.73. The fraction of sp³-hybridized carbons (Fsp3) is 0.476. The smallest absolute Gasteiger partial charge is 0.191 e. The lowest BCUT2D eigenvalue weighted by Crippen LogP contribution is -2.46. The van der Waals surface area contributed by atoms with Gasteiger partial charge in [0.2, 0.25) is 0 Å². The van der Waals surface area contributed by atoms with Crippen LogP contribution in [0.1, 0.15) is 23.1 Å². The zero-order valence-corrected chi connectivity index (χ0v) is 20.1. The van der Waals surface area contributed by atoms with Crippen molar-refractivity contribution in [2.75, 3.05) is 46.4 Å². The second-order valence-corrected chi connectivity index (χ2v) is 7.24. The van der Waals surface area contributed by atoms with Gasteiger partial charge in [-0.2, -0.15) is 0 Å². The molecule has 3 rings (SSSR count). The molecular formula is C21H30ClIN4O2. The van der Waals surface area contributed by atoms with E-state index in [0.29, 0.717) is 6.54 Å². The molecule has 8 heteroatoms. The molecule has 0 amide bonds. The Bertz CT molecular complexity index is 778. The quantitative estimate of drug-likeness (QED) is 0.324. The number of rotatable bonds is 7. The number of benzene rings is 1. The van der Waals surface area contributed by atoms with Gasteiger partial charge in [-0.25, -0.2) is 0 Å². The average Bonchev–Trinajstić information content (AvgIpc) is 3.15. The van der Waals surface area contributed by atoms with Gasteiger partial charge < -0.3 is 19.8 Å². The highest BCUT2D eigenvalue weighted by atomic mass is 127. The monoisotopic (exact) mass is 532 g/mol. The number of nitrogens with one attached hydrogen (secondary N) is 2. The first kappa shape index (κ1) is 24.0. The number of guanidine groups is 1. The molecule has 1 unspecified atom stereocenters. The molecule has 0 saturated carbocycles. The fourth-order valence-electron chi connectivity index (χ4n) is 3.36. The van der Waals surface area contributed by atoms with E-state index in [9.17, 15) is 0 Å². The molecule has 1 aliphatic heterocycles. The minimum atomic E-state index is 0. The van der Waals surface area contributed by atoms with Gasteiger partial charge in [0, 0.05) is 38.2 Å². The van der Waals surface area contributed by atoms with Crippen LogP contribution < -0.4 is 10.6 Å². The van der Waals surface area contributed by atoms with Gasteiger partial charge in [-0.05, 0) is 37.1 Å². The van der Waals surface area contributed by atoms with Crippen LogP contribution in [0.5, 0.6) is 0 Å². The topological polar surface area (TPSA) is 62.0 Å². The van der Waals surface area contributed by atoms with Crippen molar-refractivity contribution in [1.29, 1.82) is 0 Å². The molecule has 0 bridgehead atoms. The molecule has 0 aliphatic carbocycles. The number of halogens is 2. The Kier molecular flexibility index (Phi) is 10.3. The van der Waals surface area contributed by atoms with Crippen LogP contribution in [-0.2, 0) is 11.2 Å². The zero-order valence-electron chi connectivity index (χ0n) is 17.0. The van der Waals surface area contributed by atoms with Gasteiger partial charge in [-0.15, -0.1) is 24.0 Å². The molecule has 1 fully saturated rings. The van der Waals surface area contributed by atoms with Gasteiger partial charge >= 0.3 is 0 Å². The number of aliphatic imine (C=N–C) groups is 1. The third-order valence-electron chi connectivity index (χ3n) is 4.91. The Labute approximate surface area is 195 Å². The van der Waals surface area contributed by atoms with Gasteiger partial charge in [0.05, 0.1) is 19.3 Å². The van der Waals surface area contributed by atoms with Crippen LogP contribution in [0.3, 0.4) is 0 Å². The average molecular weight is 533 g/mol. The van der Waals surface area contributed by atoms with Crippen LogP contribution >= 0.6 is 35.6 Å². The molecule has 1 saturated heterocycles. The van der Waals surface area contributed by atoms with Gasteiger partial charge in [-0.1, -0.05) is 29.8 Å². The lowest BCUT2D eigenvalue weighted by Gasteiger charge is -2.33. The van der Waals surface area contributed by atoms with E-state index >= 15 is 0 Å². The predicted molar refractivity (Wildman–Crippen MR) is 129 cm³/mol. The van der Waals surface area contributed by atoms with Crippen molar-refractivity contribution in [1.82, 2.24) is 15.5 Å². The van der Waals surface area contributed by atoms with Crippen LogP contribution in [0.2, 0.25) is 5.02 Å². The predicted octanol–water partition coefficient (Wildman–Crippen LogP) is 3.64. The Balaban J connectivity index is 0.00000300. The highest BCUT2D eigenvalue weighted by Crippen LogP contribution is 2.23. The summed E-state index contributed by atoms with van der Waals surface area (Å²) in [6, 6.07) is 12.1. The number of aryl methyl sites for hydroxylation is 1. The van der Waals surface area contributed by atoms with Crippen LogP contribution in [0.15, 0.2) is 45.8 Å². The summed E-state index contributed by atoms with van der Waals surface area (Å²) < 4.78 is 11.4. The van der Waals surface area contributed by atoms with Gasteiger partial charge in [0.25, 0.3) is 0 Å². The van der Waals surface area contributed by atoms with Crippen LogP contribution in [-0.4, -0.2) is 57.3 Å². The number of morpholine rings is 1. The van der Waals surface area contributed by atoms with Crippen molar-refractivity contribution in [3.63, 3.8) is 0 Å². The SMILES string of the molecule is CN=C(NCCc1ccccc1Cl)NCC(c1ccc(C)o1)N1CCOCC1.I. The molecular weight excluding hydrogens is 503 g/mol. The molecule has 2 heterocycles. The summed E-state index contributed by atoms with van der Waals surface area (Å²) in [7, 11) is 1.78. The number of nitrogens with zero attached hydrogens (tertiary/aromatic N) is 2. The Hall–Kier alpha value is -1.29. The third kappa shape index (κ3) is 7.16. The van der Waals surface area contributed by atoms with Gasteiger partial charge in [-0.3, -0.25) is 9.89 Å². The van der Waals surface area contributed by atoms with Crippen LogP contribution in [0.4, 0.5) is 0 Å². The standard InChI is InChI=1S/C21H29ClN4O2.HI/c1-16-7-8-20(28-16)19(26-11-13-27-14-12-26)15-25-21(23-2)24-10-9-17-5-3-4-6-18(17)22;/h3-8,19H,9-15H2,1-2H3,(H2,23,24,25);1H. The summed E-state index contributed by atoms with van der Waals surface area (Å²) in [5.41, 5.74) is 1.13. The minimum absolute atomic E-state index is 0. The Morgan fingerprint density at radius 1 is 1.17 bits per heavy atom. The largest absolute Gasteiger partial charge is 0.465 e. The summed E-state index contributed by atoms with van der Waals surface area (Å²) in [6.07, 6.45) is 0.838. The highest BCUT2D eigenvalue weighted by molar-refractivity contribution is 14.0. The molecule has 1 atom stereocenters. The molecule has 1 aromatic heterocycles. The van der Waals surface area contributed by atoms with Crippen molar-refractivity contribution in [2.45, 2.75) is 19.4 Å². The maximum Gasteiger partial charge on any atom is 0.191 e. The van der Waals surface area contributed by atoms with Gasteiger partial charge in [0.15, 0.2) is 5.96 Å². The summed E-state index contributed by atoms with van der Waals surface area (Å²) in [4.78, 5) is 6.74. The minimum Gasteiger partial charge on any atom is -0.465 e. The van der Waals surface area contributed by atoms with Crippen molar-refractivity contribution in [2.24, 2.45) is 4.99 Å². The van der Waals surface area contributed by atoms with E-state index in [1.54, 1.807) is 7.05 Å². The summed E-state index contributed by atoms with van der Waals surface area (Å²) >= 11 is 6.23. The first-order chi connectivity index (χ1) is 13.7. The maximum atomic E-state index is 6.23. The van der Waals surface area contributed by atoms with E-state index in [1.807, 2.05) is 37.3 Å². The van der Waals surface area contributed by atoms with E-state index in [4.69, 9.17) is 20.8 Å². The van der Waals surface area contributed by atoms with Crippen LogP contribution in [0, 0.1) is 6.92 Å². The lowest BCUT2D eigenvalue weighted by atomic mass is 10.1. The zero-order chi connectivity index (χ0) is 19.8. The van der Waals surface area contributed by atoms with E-state index in [0.717, 1.165) is 67.3 Å². The van der Waals surface area contributed by atoms with Crippen LogP contribution in [0.25, 0.3) is 0 Å². The molecule has 2 N–H and O–H groups in total. The third-order valence-corrected chi connectivity index (χ3v) is 5.28. The first-order valence-corrected chi connectivity index (χ1v) is 10.1. The van der Waals surface area contributed by atoms with Crippen molar-refractivity contribution >= 4 is 41.5 Å². The number of hydrogen-bond acceptors (Lipinski definition) is 4. The van der Waals surface area contributed by atoms with E-state index in [2.05, 4.69) is 26.6 Å². The maximum absolute atomic E-state index is 6.23. The summed E-state index contributed by atoms with van der Waals surface area (Å²) in [6.45, 7) is 6.73. The van der Waals surface area contributed by atoms with E-state index in [1.165, 1.54) is 0 Å². The molecule has 1 aliphatic rings. The molecule has 0 spiro atoms. The molecule has 6 nitrogen and oxygen atoms in total. The second kappa shape index (κ2) is 12.4. The van der Waals surface area contributed by atoms with Crippen molar-refractivity contribution in [3.05, 3.63) is 58.5 Å². The Morgan fingerprint density at radius 2 is 1.93 bits per heavy atom.